The maximum atomic E-state index is 12.9. The fourth-order valence-corrected chi connectivity index (χ4v) is 3.97. The molecule has 8 nitrogen and oxygen atoms in total. The Morgan fingerprint density at radius 1 is 1.30 bits per heavy atom. The number of benzene rings is 1. The van der Waals surface area contributed by atoms with Crippen LogP contribution in [0.4, 0.5) is 5.69 Å². The first-order chi connectivity index (χ1) is 14.6. The number of carbonyl (C=O) groups is 1. The van der Waals surface area contributed by atoms with Crippen molar-refractivity contribution in [3.8, 4) is 27.8 Å². The Morgan fingerprint density at radius 3 is 2.97 bits per heavy atom. The van der Waals surface area contributed by atoms with Crippen LogP contribution in [-0.4, -0.2) is 32.9 Å². The molecule has 0 saturated heterocycles. The Kier molecular flexibility index (Phi) is 4.59. The molecule has 1 saturated carbocycles. The topological polar surface area (TPSA) is 95.1 Å². The van der Waals surface area contributed by atoms with Gasteiger partial charge < -0.3 is 14.6 Å². The van der Waals surface area contributed by atoms with Gasteiger partial charge in [0.25, 0.3) is 11.8 Å². The normalized spacial score (nSPS) is 13.4. The minimum atomic E-state index is -0.263. The summed E-state index contributed by atoms with van der Waals surface area (Å²) in [5, 5.41) is 13.4. The van der Waals surface area contributed by atoms with Crippen molar-refractivity contribution >= 4 is 22.9 Å². The Bertz CT molecular complexity index is 1220. The Labute approximate surface area is 176 Å². The summed E-state index contributed by atoms with van der Waals surface area (Å²) >= 11 is 1.45. The summed E-state index contributed by atoms with van der Waals surface area (Å²) in [6, 6.07) is 11.2. The van der Waals surface area contributed by atoms with E-state index in [2.05, 4.69) is 20.6 Å². The van der Waals surface area contributed by atoms with Crippen molar-refractivity contribution < 1.29 is 14.1 Å². The van der Waals surface area contributed by atoms with Crippen molar-refractivity contribution in [2.24, 2.45) is 7.05 Å². The highest BCUT2D eigenvalue weighted by Crippen LogP contribution is 2.40. The zero-order valence-corrected chi connectivity index (χ0v) is 17.3. The number of ether oxygens (including phenoxy) is 1. The van der Waals surface area contributed by atoms with Gasteiger partial charge in [0.2, 0.25) is 0 Å². The summed E-state index contributed by atoms with van der Waals surface area (Å²) in [4.78, 5) is 18.2. The predicted octanol–water partition coefficient (Wildman–Crippen LogP) is 4.34. The highest BCUT2D eigenvalue weighted by Gasteiger charge is 2.29. The van der Waals surface area contributed by atoms with Crippen LogP contribution in [-0.2, 0) is 7.05 Å². The number of methoxy groups -OCH3 is 1. The third-order valence-electron chi connectivity index (χ3n) is 4.97. The van der Waals surface area contributed by atoms with E-state index in [1.807, 2.05) is 35.7 Å². The highest BCUT2D eigenvalue weighted by molar-refractivity contribution is 7.14. The molecule has 5 rings (SSSR count). The molecule has 1 aliphatic carbocycles. The SMILES string of the molecule is COc1cccc(-c2cc(C(=O)Nc3ccsc3-c3nc(C4CC4)no3)n(C)n2)c1. The van der Waals surface area contributed by atoms with E-state index < -0.39 is 0 Å². The molecule has 0 aliphatic heterocycles. The number of aryl methyl sites for hydroxylation is 1. The van der Waals surface area contributed by atoms with Gasteiger partial charge in [0.05, 0.1) is 18.5 Å². The van der Waals surface area contributed by atoms with E-state index in [1.165, 1.54) is 11.3 Å². The average Bonchev–Trinajstić information content (AvgIpc) is 3.14. The molecule has 0 atom stereocenters. The summed E-state index contributed by atoms with van der Waals surface area (Å²) in [7, 11) is 3.36. The summed E-state index contributed by atoms with van der Waals surface area (Å²) in [6.07, 6.45) is 2.20. The quantitative estimate of drug-likeness (QED) is 0.498. The van der Waals surface area contributed by atoms with Gasteiger partial charge in [0.1, 0.15) is 16.3 Å². The number of hydrogen-bond acceptors (Lipinski definition) is 7. The molecule has 0 unspecified atom stereocenters. The van der Waals surface area contributed by atoms with Gasteiger partial charge in [0.15, 0.2) is 5.82 Å². The van der Waals surface area contributed by atoms with Crippen LogP contribution in [0.3, 0.4) is 0 Å². The molecule has 30 heavy (non-hydrogen) atoms. The molecule has 0 radical (unpaired) electrons. The zero-order chi connectivity index (χ0) is 20.7. The van der Waals surface area contributed by atoms with Crippen molar-refractivity contribution in [2.75, 3.05) is 12.4 Å². The maximum absolute atomic E-state index is 12.9. The highest BCUT2D eigenvalue weighted by atomic mass is 32.1. The van der Waals surface area contributed by atoms with Crippen molar-refractivity contribution in [3.05, 3.63) is 53.3 Å². The summed E-state index contributed by atoms with van der Waals surface area (Å²) in [5.74, 6) is 2.05. The van der Waals surface area contributed by atoms with E-state index in [0.29, 0.717) is 28.9 Å². The van der Waals surface area contributed by atoms with E-state index in [9.17, 15) is 4.79 Å². The number of amides is 1. The van der Waals surface area contributed by atoms with E-state index in [4.69, 9.17) is 9.26 Å². The van der Waals surface area contributed by atoms with Gasteiger partial charge in [-0.05, 0) is 42.5 Å². The molecular weight excluding hydrogens is 402 g/mol. The maximum Gasteiger partial charge on any atom is 0.273 e. The van der Waals surface area contributed by atoms with Crippen molar-refractivity contribution in [1.82, 2.24) is 19.9 Å². The summed E-state index contributed by atoms with van der Waals surface area (Å²) in [6.45, 7) is 0. The average molecular weight is 421 g/mol. The third kappa shape index (κ3) is 3.48. The van der Waals surface area contributed by atoms with E-state index >= 15 is 0 Å². The predicted molar refractivity (Wildman–Crippen MR) is 113 cm³/mol. The second kappa shape index (κ2) is 7.42. The largest absolute Gasteiger partial charge is 0.497 e. The molecule has 152 valence electrons. The number of nitrogens with zero attached hydrogens (tertiary/aromatic N) is 4. The molecule has 1 N–H and O–H groups in total. The number of nitrogens with one attached hydrogen (secondary N) is 1. The van der Waals surface area contributed by atoms with Crippen LogP contribution in [0.1, 0.15) is 35.1 Å². The lowest BCUT2D eigenvalue weighted by Gasteiger charge is -2.04. The minimum Gasteiger partial charge on any atom is -0.497 e. The second-order valence-corrected chi connectivity index (χ2v) is 8.04. The van der Waals surface area contributed by atoms with Gasteiger partial charge in [-0.25, -0.2) is 0 Å². The van der Waals surface area contributed by atoms with Gasteiger partial charge in [0, 0.05) is 18.5 Å². The first kappa shape index (κ1) is 18.6. The van der Waals surface area contributed by atoms with Crippen LogP contribution in [0.2, 0.25) is 0 Å². The lowest BCUT2D eigenvalue weighted by atomic mass is 10.1. The third-order valence-corrected chi connectivity index (χ3v) is 5.87. The van der Waals surface area contributed by atoms with Crippen LogP contribution in [0.25, 0.3) is 22.0 Å². The fraction of sp³-hybridized carbons (Fsp3) is 0.238. The molecule has 1 aromatic carbocycles. The van der Waals surface area contributed by atoms with Gasteiger partial charge in [-0.1, -0.05) is 17.3 Å². The first-order valence-corrected chi connectivity index (χ1v) is 10.4. The van der Waals surface area contributed by atoms with Gasteiger partial charge in [-0.2, -0.15) is 10.1 Å². The Hall–Kier alpha value is -3.46. The fourth-order valence-electron chi connectivity index (χ4n) is 3.20. The number of rotatable bonds is 6. The number of carbonyl (C=O) groups excluding carboxylic acids is 1. The van der Waals surface area contributed by atoms with E-state index in [0.717, 1.165) is 34.9 Å². The molecule has 0 spiro atoms. The van der Waals surface area contributed by atoms with Gasteiger partial charge in [-0.3, -0.25) is 9.48 Å². The minimum absolute atomic E-state index is 0.263. The molecule has 3 aromatic heterocycles. The molecule has 3 heterocycles. The molecule has 0 bridgehead atoms. The molecule has 1 aliphatic rings. The Balaban J connectivity index is 1.38. The van der Waals surface area contributed by atoms with E-state index in [-0.39, 0.29) is 5.91 Å². The second-order valence-electron chi connectivity index (χ2n) is 7.12. The first-order valence-electron chi connectivity index (χ1n) is 9.53. The Morgan fingerprint density at radius 2 is 2.17 bits per heavy atom. The molecule has 1 fully saturated rings. The van der Waals surface area contributed by atoms with Crippen molar-refractivity contribution in [3.63, 3.8) is 0 Å². The van der Waals surface area contributed by atoms with Gasteiger partial charge >= 0.3 is 0 Å². The van der Waals surface area contributed by atoms with Crippen LogP contribution in [0.5, 0.6) is 5.75 Å². The molecular formula is C21H19N5O3S. The monoisotopic (exact) mass is 421 g/mol. The lowest BCUT2D eigenvalue weighted by Crippen LogP contribution is -2.16. The summed E-state index contributed by atoms with van der Waals surface area (Å²) < 4.78 is 12.3. The molecule has 1 amide bonds. The van der Waals surface area contributed by atoms with Crippen molar-refractivity contribution in [2.45, 2.75) is 18.8 Å². The van der Waals surface area contributed by atoms with Crippen LogP contribution >= 0.6 is 11.3 Å². The van der Waals surface area contributed by atoms with Gasteiger partial charge in [-0.15, -0.1) is 11.3 Å². The zero-order valence-electron chi connectivity index (χ0n) is 16.5. The molecule has 4 aromatic rings. The number of aromatic nitrogens is 4. The number of thiophene rings is 1. The summed E-state index contributed by atoms with van der Waals surface area (Å²) in [5.41, 5.74) is 2.64. The number of anilines is 1. The van der Waals surface area contributed by atoms with Crippen LogP contribution in [0.15, 0.2) is 46.3 Å². The lowest BCUT2D eigenvalue weighted by molar-refractivity contribution is 0.101. The number of hydrogen-bond donors (Lipinski definition) is 1. The smallest absolute Gasteiger partial charge is 0.273 e. The van der Waals surface area contributed by atoms with E-state index in [1.54, 1.807) is 24.9 Å². The van der Waals surface area contributed by atoms with Crippen LogP contribution < -0.4 is 10.1 Å². The van der Waals surface area contributed by atoms with Crippen LogP contribution in [0, 0.1) is 0 Å². The molecule has 9 heteroatoms. The van der Waals surface area contributed by atoms with Crippen molar-refractivity contribution in [1.29, 1.82) is 0 Å². The standard InChI is InChI=1S/C21H19N5O3S/c1-26-17(11-16(24-26)13-4-3-5-14(10-13)28-2)20(27)22-15-8-9-30-18(15)21-23-19(25-29-21)12-6-7-12/h3-5,8-12H,6-7H2,1-2H3,(H,22,27).